The van der Waals surface area contributed by atoms with Gasteiger partial charge in [-0.25, -0.2) is 4.98 Å². The number of fused-ring (bicyclic) bond motifs is 1. The summed E-state index contributed by atoms with van der Waals surface area (Å²) in [5.74, 6) is -0.258. The van der Waals surface area contributed by atoms with E-state index >= 15 is 0 Å². The number of aryl methyl sites for hydroxylation is 1. The molecule has 1 saturated heterocycles. The van der Waals surface area contributed by atoms with Gasteiger partial charge >= 0.3 is 0 Å². The van der Waals surface area contributed by atoms with Crippen LogP contribution < -0.4 is 10.2 Å². The minimum atomic E-state index is -0.302. The first-order valence-electron chi connectivity index (χ1n) is 12.0. The number of thiazole rings is 1. The van der Waals surface area contributed by atoms with E-state index in [1.165, 1.54) is 0 Å². The zero-order valence-corrected chi connectivity index (χ0v) is 21.4. The monoisotopic (exact) mass is 504 g/mol. The molecule has 1 aliphatic rings. The smallest absolute Gasteiger partial charge is 0.232 e. The molecule has 2 heterocycles. The van der Waals surface area contributed by atoms with Crippen LogP contribution in [0.3, 0.4) is 0 Å². The average molecular weight is 505 g/mol. The molecule has 180 valence electrons. The highest BCUT2D eigenvalue weighted by molar-refractivity contribution is 7.22. The Labute approximate surface area is 215 Å². The zero-order chi connectivity index (χ0) is 24.2. The molecule has 1 amide bonds. The third kappa shape index (κ3) is 5.35. The lowest BCUT2D eigenvalue weighted by atomic mass is 9.90. The molecule has 0 bridgehead atoms. The molecule has 0 aliphatic carbocycles. The Morgan fingerprint density at radius 2 is 1.60 bits per heavy atom. The van der Waals surface area contributed by atoms with Crippen LogP contribution in [-0.2, 0) is 4.79 Å². The molecule has 0 atom stereocenters. The second-order valence-corrected chi connectivity index (χ2v) is 10.3. The van der Waals surface area contributed by atoms with Crippen LogP contribution in [0, 0.1) is 6.92 Å². The summed E-state index contributed by atoms with van der Waals surface area (Å²) in [6.45, 7) is 7.26. The van der Waals surface area contributed by atoms with E-state index in [4.69, 9.17) is 16.6 Å². The van der Waals surface area contributed by atoms with Gasteiger partial charge in [-0.05, 0) is 29.7 Å². The Morgan fingerprint density at radius 1 is 0.971 bits per heavy atom. The number of nitrogens with zero attached hydrogens (tertiary/aromatic N) is 3. The fraction of sp³-hybridized carbons (Fsp3) is 0.286. The molecule has 35 heavy (non-hydrogen) atoms. The number of halogens is 1. The highest BCUT2D eigenvalue weighted by Crippen LogP contribution is 2.35. The number of piperazine rings is 1. The Balaban J connectivity index is 1.16. The van der Waals surface area contributed by atoms with Gasteiger partial charge in [0.25, 0.3) is 0 Å². The first kappa shape index (κ1) is 23.8. The van der Waals surface area contributed by atoms with Crippen molar-refractivity contribution in [2.75, 3.05) is 44.2 Å². The lowest BCUT2D eigenvalue weighted by Crippen LogP contribution is -2.48. The van der Waals surface area contributed by atoms with E-state index in [-0.39, 0.29) is 11.8 Å². The van der Waals surface area contributed by atoms with Crippen molar-refractivity contribution in [2.24, 2.45) is 0 Å². The number of aromatic nitrogens is 1. The number of hydrogen-bond donors (Lipinski definition) is 1. The van der Waals surface area contributed by atoms with Crippen LogP contribution in [0.2, 0.25) is 5.02 Å². The van der Waals surface area contributed by atoms with Gasteiger partial charge in [-0.1, -0.05) is 89.7 Å². The van der Waals surface area contributed by atoms with Crippen LogP contribution in [0.15, 0.2) is 72.8 Å². The van der Waals surface area contributed by atoms with Crippen LogP contribution in [0.5, 0.6) is 0 Å². The first-order chi connectivity index (χ1) is 17.1. The maximum absolute atomic E-state index is 13.2. The molecule has 1 aliphatic heterocycles. The summed E-state index contributed by atoms with van der Waals surface area (Å²) in [5.41, 5.74) is 4.19. The largest absolute Gasteiger partial charge is 0.354 e. The van der Waals surface area contributed by atoms with Gasteiger partial charge in [0.2, 0.25) is 5.91 Å². The number of rotatable bonds is 7. The highest BCUT2D eigenvalue weighted by Gasteiger charge is 2.24. The maximum atomic E-state index is 13.2. The van der Waals surface area contributed by atoms with Crippen molar-refractivity contribution < 1.29 is 4.79 Å². The molecule has 0 spiro atoms. The van der Waals surface area contributed by atoms with E-state index < -0.39 is 0 Å². The number of carbonyl (C=O) groups excluding carboxylic acids is 1. The first-order valence-corrected chi connectivity index (χ1v) is 13.2. The van der Waals surface area contributed by atoms with Crippen LogP contribution in [-0.4, -0.2) is 55.1 Å². The zero-order valence-electron chi connectivity index (χ0n) is 19.8. The van der Waals surface area contributed by atoms with Crippen LogP contribution in [0.4, 0.5) is 5.13 Å². The molecule has 4 aromatic rings. The number of benzene rings is 3. The molecule has 3 aromatic carbocycles. The third-order valence-corrected chi connectivity index (χ3v) is 8.16. The Kier molecular flexibility index (Phi) is 7.32. The maximum Gasteiger partial charge on any atom is 0.232 e. The topological polar surface area (TPSA) is 48.5 Å². The average Bonchev–Trinajstić information content (AvgIpc) is 3.35. The van der Waals surface area contributed by atoms with E-state index in [0.717, 1.165) is 69.8 Å². The number of anilines is 1. The molecule has 0 radical (unpaired) electrons. The van der Waals surface area contributed by atoms with Crippen LogP contribution in [0.1, 0.15) is 22.6 Å². The van der Waals surface area contributed by atoms with E-state index in [1.807, 2.05) is 72.8 Å². The SMILES string of the molecule is Cc1ccc(Cl)c2sc(N3CCN(CCNC(=O)C(c4ccccc4)c4ccccc4)CC3)nc12. The fourth-order valence-electron chi connectivity index (χ4n) is 4.61. The van der Waals surface area contributed by atoms with E-state index in [9.17, 15) is 4.79 Å². The minimum absolute atomic E-state index is 0.0442. The standard InChI is InChI=1S/C28H29ClN4OS/c1-20-12-13-23(29)26-25(20)31-28(35-26)33-18-16-32(17-19-33)15-14-30-27(34)24(21-8-4-2-5-9-21)22-10-6-3-7-11-22/h2-13,24H,14-19H2,1H3,(H,30,34). The van der Waals surface area contributed by atoms with Gasteiger partial charge in [0.05, 0.1) is 21.2 Å². The lowest BCUT2D eigenvalue weighted by molar-refractivity contribution is -0.121. The Bertz CT molecular complexity index is 1210. The summed E-state index contributed by atoms with van der Waals surface area (Å²) >= 11 is 8.07. The summed E-state index contributed by atoms with van der Waals surface area (Å²) in [5, 5.41) is 4.99. The van der Waals surface area contributed by atoms with Crippen molar-refractivity contribution in [3.05, 3.63) is 94.5 Å². The second kappa shape index (κ2) is 10.8. The van der Waals surface area contributed by atoms with E-state index in [2.05, 4.69) is 22.0 Å². The number of nitrogens with one attached hydrogen (secondary N) is 1. The van der Waals surface area contributed by atoms with Crippen molar-refractivity contribution in [2.45, 2.75) is 12.8 Å². The van der Waals surface area contributed by atoms with Crippen molar-refractivity contribution in [1.82, 2.24) is 15.2 Å². The summed E-state index contributed by atoms with van der Waals surface area (Å²) < 4.78 is 1.07. The Morgan fingerprint density at radius 3 is 2.20 bits per heavy atom. The fourth-order valence-corrected chi connectivity index (χ4v) is 5.98. The predicted molar refractivity (Wildman–Crippen MR) is 146 cm³/mol. The molecule has 5 rings (SSSR count). The summed E-state index contributed by atoms with van der Waals surface area (Å²) in [6.07, 6.45) is 0. The van der Waals surface area contributed by atoms with E-state index in [1.54, 1.807) is 11.3 Å². The Hall–Kier alpha value is -2.93. The molecular formula is C28H29ClN4OS. The van der Waals surface area contributed by atoms with Crippen molar-refractivity contribution in [3.8, 4) is 0 Å². The highest BCUT2D eigenvalue weighted by atomic mass is 35.5. The van der Waals surface area contributed by atoms with Gasteiger partial charge in [0, 0.05) is 39.3 Å². The van der Waals surface area contributed by atoms with Crippen LogP contribution in [0.25, 0.3) is 10.2 Å². The van der Waals surface area contributed by atoms with Crippen molar-refractivity contribution in [3.63, 3.8) is 0 Å². The van der Waals surface area contributed by atoms with Gasteiger partial charge in [-0.3, -0.25) is 9.69 Å². The molecule has 1 aromatic heterocycles. The molecule has 5 nitrogen and oxygen atoms in total. The van der Waals surface area contributed by atoms with E-state index in [0.29, 0.717) is 6.54 Å². The van der Waals surface area contributed by atoms with Crippen molar-refractivity contribution in [1.29, 1.82) is 0 Å². The summed E-state index contributed by atoms with van der Waals surface area (Å²) in [6, 6.07) is 24.0. The van der Waals surface area contributed by atoms with Gasteiger partial charge in [-0.15, -0.1) is 0 Å². The number of hydrogen-bond acceptors (Lipinski definition) is 5. The molecule has 1 fully saturated rings. The molecule has 0 saturated carbocycles. The number of carbonyl (C=O) groups is 1. The molecule has 7 heteroatoms. The normalized spacial score (nSPS) is 14.5. The minimum Gasteiger partial charge on any atom is -0.354 e. The summed E-state index contributed by atoms with van der Waals surface area (Å²) in [7, 11) is 0. The van der Waals surface area contributed by atoms with Gasteiger partial charge in [0.15, 0.2) is 5.13 Å². The lowest BCUT2D eigenvalue weighted by Gasteiger charge is -2.34. The molecule has 1 N–H and O–H groups in total. The summed E-state index contributed by atoms with van der Waals surface area (Å²) in [4.78, 5) is 22.8. The van der Waals surface area contributed by atoms with Crippen molar-refractivity contribution >= 4 is 44.2 Å². The van der Waals surface area contributed by atoms with Gasteiger partial charge in [-0.2, -0.15) is 0 Å². The second-order valence-electron chi connectivity index (χ2n) is 8.91. The quantitative estimate of drug-likeness (QED) is 0.369. The van der Waals surface area contributed by atoms with Gasteiger partial charge < -0.3 is 10.2 Å². The van der Waals surface area contributed by atoms with Gasteiger partial charge in [0.1, 0.15) is 0 Å². The number of amides is 1. The van der Waals surface area contributed by atoms with Crippen LogP contribution >= 0.6 is 22.9 Å². The third-order valence-electron chi connectivity index (χ3n) is 6.58. The molecule has 0 unspecified atom stereocenters. The predicted octanol–water partition coefficient (Wildman–Crippen LogP) is 5.33. The molecular weight excluding hydrogens is 476 g/mol.